The van der Waals surface area contributed by atoms with Crippen LogP contribution >= 0.6 is 11.3 Å². The molecule has 4 amide bonds. The van der Waals surface area contributed by atoms with E-state index in [-0.39, 0.29) is 25.7 Å². The smallest absolute Gasteiger partial charge is 0.330 e. The number of nitrogens with one attached hydrogen (secondary N) is 4. The van der Waals surface area contributed by atoms with Crippen LogP contribution < -0.4 is 26.0 Å². The Labute approximate surface area is 326 Å². The van der Waals surface area contributed by atoms with E-state index in [1.54, 1.807) is 24.3 Å². The van der Waals surface area contributed by atoms with E-state index in [4.69, 9.17) is 4.74 Å². The van der Waals surface area contributed by atoms with Crippen molar-refractivity contribution in [3.05, 3.63) is 148 Å². The predicted molar refractivity (Wildman–Crippen MR) is 207 cm³/mol. The Morgan fingerprint density at radius 3 is 1.89 bits per heavy atom. The molecule has 56 heavy (non-hydrogen) atoms. The Morgan fingerprint density at radius 2 is 1.29 bits per heavy atom. The van der Waals surface area contributed by atoms with Crippen molar-refractivity contribution in [1.82, 2.24) is 21.3 Å². The van der Waals surface area contributed by atoms with Gasteiger partial charge in [-0.3, -0.25) is 19.2 Å². The van der Waals surface area contributed by atoms with Gasteiger partial charge >= 0.3 is 5.97 Å². The van der Waals surface area contributed by atoms with Crippen LogP contribution in [0.25, 0.3) is 11.1 Å². The van der Waals surface area contributed by atoms with Gasteiger partial charge in [0.15, 0.2) is 6.61 Å². The van der Waals surface area contributed by atoms with Crippen LogP contribution in [0.15, 0.2) is 121 Å². The summed E-state index contributed by atoms with van der Waals surface area (Å²) < 4.78 is 19.6. The van der Waals surface area contributed by atoms with Crippen molar-refractivity contribution in [1.29, 1.82) is 0 Å². The maximum atomic E-state index is 14.4. The lowest BCUT2D eigenvalue weighted by Crippen LogP contribution is -2.59. The molecule has 0 radical (unpaired) electrons. The van der Waals surface area contributed by atoms with Crippen molar-refractivity contribution >= 4 is 40.9 Å². The molecule has 1 aliphatic carbocycles. The van der Waals surface area contributed by atoms with Gasteiger partial charge in [-0.1, -0.05) is 84.9 Å². The van der Waals surface area contributed by atoms with Crippen molar-refractivity contribution < 1.29 is 38.2 Å². The highest BCUT2D eigenvalue weighted by molar-refractivity contribution is 7.09. The van der Waals surface area contributed by atoms with Crippen molar-refractivity contribution in [2.24, 2.45) is 0 Å². The highest BCUT2D eigenvalue weighted by Crippen LogP contribution is 2.52. The van der Waals surface area contributed by atoms with Crippen LogP contribution in [-0.4, -0.2) is 65.0 Å². The number of aliphatic carboxylic acids is 1. The Balaban J connectivity index is 1.23. The third kappa shape index (κ3) is 8.95. The molecule has 0 spiro atoms. The molecule has 11 nitrogen and oxygen atoms in total. The molecule has 5 N–H and O–H groups in total. The van der Waals surface area contributed by atoms with E-state index in [0.717, 1.165) is 16.0 Å². The number of ether oxygens (including phenoxy) is 1. The normalized spacial score (nSPS) is 22.8. The third-order valence-electron chi connectivity index (χ3n) is 10.1. The number of carbonyl (C=O) groups excluding carboxylic acids is 4. The van der Waals surface area contributed by atoms with Gasteiger partial charge in [-0.05, 0) is 69.9 Å². The molecule has 13 heteroatoms. The number of thiophene rings is 1. The topological polar surface area (TPSA) is 163 Å². The van der Waals surface area contributed by atoms with Gasteiger partial charge in [-0.2, -0.15) is 0 Å². The van der Waals surface area contributed by atoms with Gasteiger partial charge in [0.05, 0.1) is 0 Å². The predicted octanol–water partition coefficient (Wildman–Crippen LogP) is 4.56. The van der Waals surface area contributed by atoms with Crippen LogP contribution in [0.5, 0.6) is 5.75 Å². The molecule has 1 saturated carbocycles. The molecule has 1 fully saturated rings. The number of amides is 4. The van der Waals surface area contributed by atoms with Crippen LogP contribution in [0.2, 0.25) is 0 Å². The van der Waals surface area contributed by atoms with Crippen LogP contribution in [0.3, 0.4) is 0 Å². The standard InChI is InChI=1S/C43H39FN4O7S/c44-31-16-10-27(11-17-31)22-36-41(52)48-43(42(53)54)24-34(43)30-14-18-32(19-15-30)55-25-38(49)45-37(23-33-7-4-20-56-33)40(51)46-35(39(50)47-36)21-26-8-12-29(13-9-26)28-5-2-1-3-6-28/h1-20,34-37H,21-25H2,(H,45,49)(H,46,51)(H,47,50)(H,48,52)(H,53,54)/t34-,35-,36+,37+,43?/m1/s1. The number of benzene rings is 4. The lowest BCUT2D eigenvalue weighted by molar-refractivity contribution is -0.143. The van der Waals surface area contributed by atoms with Gasteiger partial charge in [0.1, 0.15) is 35.2 Å². The van der Waals surface area contributed by atoms with Gasteiger partial charge < -0.3 is 31.1 Å². The molecule has 4 aromatic carbocycles. The van der Waals surface area contributed by atoms with E-state index in [9.17, 15) is 33.5 Å². The number of carboxylic acids is 1. The third-order valence-corrected chi connectivity index (χ3v) is 11.0. The highest BCUT2D eigenvalue weighted by Gasteiger charge is 2.62. The van der Waals surface area contributed by atoms with Gasteiger partial charge in [0.2, 0.25) is 17.7 Å². The first-order chi connectivity index (χ1) is 27.1. The summed E-state index contributed by atoms with van der Waals surface area (Å²) in [6.45, 7) is -0.408. The second-order valence-corrected chi connectivity index (χ2v) is 15.0. The second-order valence-electron chi connectivity index (χ2n) is 14.0. The molecule has 1 aromatic heterocycles. The van der Waals surface area contributed by atoms with E-state index in [2.05, 4.69) is 21.3 Å². The molecule has 8 rings (SSSR count). The molecule has 3 heterocycles. The number of fused-ring (bicyclic) bond motifs is 14. The van der Waals surface area contributed by atoms with Crippen LogP contribution in [0.1, 0.15) is 33.9 Å². The lowest BCUT2D eigenvalue weighted by atomic mass is 9.99. The summed E-state index contributed by atoms with van der Waals surface area (Å²) in [5.74, 6) is -4.66. The fourth-order valence-electron chi connectivity index (χ4n) is 6.94. The number of hydrogen-bond acceptors (Lipinski definition) is 7. The van der Waals surface area contributed by atoms with Crippen LogP contribution in [-0.2, 0) is 43.2 Å². The lowest BCUT2D eigenvalue weighted by Gasteiger charge is -2.26. The summed E-state index contributed by atoms with van der Waals surface area (Å²) in [7, 11) is 0. The summed E-state index contributed by atoms with van der Waals surface area (Å²) in [5.41, 5.74) is 2.12. The maximum Gasteiger partial charge on any atom is 0.330 e. The summed E-state index contributed by atoms with van der Waals surface area (Å²) in [4.78, 5) is 69.4. The molecular weight excluding hydrogens is 736 g/mol. The molecule has 2 aliphatic heterocycles. The highest BCUT2D eigenvalue weighted by atomic mass is 32.1. The first-order valence-electron chi connectivity index (χ1n) is 18.2. The number of carboxylic acid groups (broad SMARTS) is 1. The largest absolute Gasteiger partial charge is 0.484 e. The van der Waals surface area contributed by atoms with E-state index in [0.29, 0.717) is 22.4 Å². The summed E-state index contributed by atoms with van der Waals surface area (Å²) >= 11 is 1.41. The second kappa shape index (κ2) is 16.6. The number of hydrogen-bond donors (Lipinski definition) is 5. The molecule has 5 aromatic rings. The van der Waals surface area contributed by atoms with Crippen molar-refractivity contribution in [2.45, 2.75) is 55.3 Å². The van der Waals surface area contributed by atoms with Gasteiger partial charge in [-0.15, -0.1) is 11.3 Å². The molecular formula is C43H39FN4O7S. The molecule has 5 atom stereocenters. The van der Waals surface area contributed by atoms with Gasteiger partial charge in [0.25, 0.3) is 5.91 Å². The number of carbonyl (C=O) groups is 5. The Kier molecular flexibility index (Phi) is 11.2. The van der Waals surface area contributed by atoms with Crippen molar-refractivity contribution in [2.75, 3.05) is 6.61 Å². The van der Waals surface area contributed by atoms with Gasteiger partial charge in [-0.25, -0.2) is 9.18 Å². The number of rotatable bonds is 8. The average Bonchev–Trinajstić information content (AvgIpc) is 3.70. The average molecular weight is 775 g/mol. The summed E-state index contributed by atoms with van der Waals surface area (Å²) in [6.07, 6.45) is 0.138. The molecule has 1 unspecified atom stereocenters. The minimum absolute atomic E-state index is 0.00935. The Bertz CT molecular complexity index is 2200. The van der Waals surface area contributed by atoms with E-state index < -0.39 is 71.6 Å². The van der Waals surface area contributed by atoms with E-state index in [1.165, 1.54) is 35.6 Å². The quantitative estimate of drug-likeness (QED) is 0.145. The summed E-state index contributed by atoms with van der Waals surface area (Å²) in [5, 5.41) is 23.3. The van der Waals surface area contributed by atoms with Gasteiger partial charge in [0, 0.05) is 30.1 Å². The number of halogens is 1. The molecule has 286 valence electrons. The Hall–Kier alpha value is -6.34. The summed E-state index contributed by atoms with van der Waals surface area (Å²) in [6, 6.07) is 29.2. The van der Waals surface area contributed by atoms with Crippen LogP contribution in [0.4, 0.5) is 4.39 Å². The minimum atomic E-state index is -1.66. The van der Waals surface area contributed by atoms with Crippen molar-refractivity contribution in [3.63, 3.8) is 0 Å². The molecule has 3 aliphatic rings. The zero-order chi connectivity index (χ0) is 39.2. The Morgan fingerprint density at radius 1 is 0.696 bits per heavy atom. The minimum Gasteiger partial charge on any atom is -0.484 e. The fraction of sp³-hybridized carbons (Fsp3) is 0.233. The zero-order valence-corrected chi connectivity index (χ0v) is 30.9. The monoisotopic (exact) mass is 774 g/mol. The van der Waals surface area contributed by atoms with E-state index in [1.807, 2.05) is 72.1 Å². The first kappa shape index (κ1) is 38.0. The SMILES string of the molecule is O=C1COc2ccc(cc2)[C@H]2CC2(C(=O)O)NC(=O)[C@H](Cc2ccc(F)cc2)NC(=O)[C@@H](Cc2ccc(-c3ccccc3)cc2)NC(=O)[C@H](Cc2cccs2)N1. The fourth-order valence-corrected chi connectivity index (χ4v) is 7.69. The van der Waals surface area contributed by atoms with Crippen molar-refractivity contribution in [3.8, 4) is 16.9 Å². The first-order valence-corrected chi connectivity index (χ1v) is 19.0. The van der Waals surface area contributed by atoms with E-state index >= 15 is 0 Å². The maximum absolute atomic E-state index is 14.4. The zero-order valence-electron chi connectivity index (χ0n) is 30.1. The molecule has 0 saturated heterocycles. The molecule has 2 bridgehead atoms. The van der Waals surface area contributed by atoms with Crippen LogP contribution in [0, 0.1) is 5.82 Å².